The van der Waals surface area contributed by atoms with Crippen LogP contribution in [0.3, 0.4) is 0 Å². The van der Waals surface area contributed by atoms with Gasteiger partial charge in [-0.25, -0.2) is 0 Å². The van der Waals surface area contributed by atoms with Crippen molar-refractivity contribution in [2.45, 2.75) is 6.61 Å². The Kier molecular flexibility index (Phi) is 7.09. The van der Waals surface area contributed by atoms with E-state index in [-0.39, 0.29) is 5.78 Å². The molecule has 0 N–H and O–H groups in total. The Balaban J connectivity index is 1.72. The van der Waals surface area contributed by atoms with Gasteiger partial charge in [-0.05, 0) is 60.2 Å². The molecule has 0 amide bonds. The third-order valence-corrected chi connectivity index (χ3v) is 4.79. The van der Waals surface area contributed by atoms with Crippen molar-refractivity contribution in [1.82, 2.24) is 0 Å². The summed E-state index contributed by atoms with van der Waals surface area (Å²) in [6.07, 6.45) is 3.36. The molecule has 3 aromatic carbocycles. The molecule has 0 unspecified atom stereocenters. The van der Waals surface area contributed by atoms with Crippen LogP contribution in [0, 0.1) is 0 Å². The normalized spacial score (nSPS) is 10.7. The van der Waals surface area contributed by atoms with E-state index in [9.17, 15) is 4.79 Å². The van der Waals surface area contributed by atoms with Crippen LogP contribution in [0.2, 0.25) is 0 Å². The fraction of sp³-hybridized carbons (Fsp3) is 0.125. The Morgan fingerprint density at radius 1 is 0.931 bits per heavy atom. The lowest BCUT2D eigenvalue weighted by atomic mass is 10.1. The highest BCUT2D eigenvalue weighted by molar-refractivity contribution is 9.10. The molecular weight excluding hydrogens is 432 g/mol. The van der Waals surface area contributed by atoms with E-state index in [1.165, 1.54) is 0 Å². The van der Waals surface area contributed by atoms with Gasteiger partial charge in [0.05, 0.1) is 14.2 Å². The molecule has 3 aromatic rings. The van der Waals surface area contributed by atoms with Crippen LogP contribution in [0.4, 0.5) is 0 Å². The Bertz CT molecular complexity index is 1010. The first-order chi connectivity index (χ1) is 14.1. The molecule has 0 heterocycles. The highest BCUT2D eigenvalue weighted by Gasteiger charge is 2.07. The molecule has 0 fully saturated rings. The number of ketones is 1. The summed E-state index contributed by atoms with van der Waals surface area (Å²) in [5.74, 6) is 2.18. The third-order valence-electron chi connectivity index (χ3n) is 4.29. The molecule has 0 aliphatic carbocycles. The molecule has 0 aromatic heterocycles. The Hall–Kier alpha value is -3.05. The van der Waals surface area contributed by atoms with Gasteiger partial charge in [-0.2, -0.15) is 0 Å². The molecule has 0 saturated heterocycles. The van der Waals surface area contributed by atoms with Crippen LogP contribution < -0.4 is 14.2 Å². The third kappa shape index (κ3) is 5.72. The molecule has 0 atom stereocenters. The highest BCUT2D eigenvalue weighted by atomic mass is 79.9. The maximum Gasteiger partial charge on any atom is 0.185 e. The minimum absolute atomic E-state index is 0.0573. The lowest BCUT2D eigenvalue weighted by Crippen LogP contribution is -1.99. The van der Waals surface area contributed by atoms with Gasteiger partial charge in [-0.1, -0.05) is 40.2 Å². The number of methoxy groups -OCH3 is 2. The van der Waals surface area contributed by atoms with E-state index in [1.807, 2.05) is 54.6 Å². The van der Waals surface area contributed by atoms with E-state index in [2.05, 4.69) is 15.9 Å². The number of ether oxygens (including phenoxy) is 3. The van der Waals surface area contributed by atoms with Crippen LogP contribution in [0.15, 0.2) is 77.3 Å². The largest absolute Gasteiger partial charge is 0.497 e. The molecule has 148 valence electrons. The van der Waals surface area contributed by atoms with E-state index in [4.69, 9.17) is 14.2 Å². The molecule has 4 nitrogen and oxygen atoms in total. The van der Waals surface area contributed by atoms with Crippen LogP contribution in [0.5, 0.6) is 17.2 Å². The van der Waals surface area contributed by atoms with E-state index in [1.54, 1.807) is 38.5 Å². The lowest BCUT2D eigenvalue weighted by Gasteiger charge is -2.11. The van der Waals surface area contributed by atoms with E-state index in [0.29, 0.717) is 12.2 Å². The average molecular weight is 453 g/mol. The summed E-state index contributed by atoms with van der Waals surface area (Å²) < 4.78 is 17.3. The Morgan fingerprint density at radius 3 is 2.38 bits per heavy atom. The second-order valence-electron chi connectivity index (χ2n) is 6.24. The minimum atomic E-state index is -0.0573. The number of carbonyl (C=O) groups is 1. The molecular formula is C24H21BrO4. The molecule has 0 spiro atoms. The van der Waals surface area contributed by atoms with Gasteiger partial charge >= 0.3 is 0 Å². The van der Waals surface area contributed by atoms with Crippen LogP contribution in [-0.4, -0.2) is 20.0 Å². The van der Waals surface area contributed by atoms with Gasteiger partial charge in [0.2, 0.25) is 0 Å². The summed E-state index contributed by atoms with van der Waals surface area (Å²) in [7, 11) is 3.25. The zero-order chi connectivity index (χ0) is 20.6. The van der Waals surface area contributed by atoms with Gasteiger partial charge in [0.25, 0.3) is 0 Å². The van der Waals surface area contributed by atoms with Crippen molar-refractivity contribution in [3.8, 4) is 17.2 Å². The Morgan fingerprint density at radius 2 is 1.69 bits per heavy atom. The number of benzene rings is 3. The van der Waals surface area contributed by atoms with Gasteiger partial charge in [0.1, 0.15) is 23.9 Å². The van der Waals surface area contributed by atoms with E-state index < -0.39 is 0 Å². The molecule has 0 aliphatic rings. The van der Waals surface area contributed by atoms with Crippen molar-refractivity contribution in [2.24, 2.45) is 0 Å². The van der Waals surface area contributed by atoms with E-state index >= 15 is 0 Å². The number of halogens is 1. The second kappa shape index (κ2) is 9.94. The average Bonchev–Trinajstić information content (AvgIpc) is 2.76. The molecule has 0 aliphatic heterocycles. The first-order valence-electron chi connectivity index (χ1n) is 9.01. The monoisotopic (exact) mass is 452 g/mol. The number of allylic oxidation sites excluding steroid dienone is 1. The summed E-state index contributed by atoms with van der Waals surface area (Å²) in [5, 5.41) is 0. The van der Waals surface area contributed by atoms with Crippen molar-refractivity contribution in [2.75, 3.05) is 14.2 Å². The molecule has 3 rings (SSSR count). The SMILES string of the molecule is COc1ccc(OCc2cc(/C=C/C(=O)c3cccc(Br)c3)ccc2OC)cc1. The molecule has 5 heteroatoms. The van der Waals surface area contributed by atoms with Crippen LogP contribution in [-0.2, 0) is 6.61 Å². The summed E-state index contributed by atoms with van der Waals surface area (Å²) in [4.78, 5) is 12.4. The van der Waals surface area contributed by atoms with E-state index in [0.717, 1.165) is 32.8 Å². The zero-order valence-corrected chi connectivity index (χ0v) is 17.8. The van der Waals surface area contributed by atoms with Gasteiger partial charge in [-0.3, -0.25) is 4.79 Å². The maximum absolute atomic E-state index is 12.4. The van der Waals surface area contributed by atoms with Crippen molar-refractivity contribution in [1.29, 1.82) is 0 Å². The summed E-state index contributed by atoms with van der Waals surface area (Å²) in [5.41, 5.74) is 2.41. The fourth-order valence-electron chi connectivity index (χ4n) is 2.76. The van der Waals surface area contributed by atoms with Crippen LogP contribution in [0.25, 0.3) is 6.08 Å². The number of hydrogen-bond donors (Lipinski definition) is 0. The van der Waals surface area contributed by atoms with Gasteiger partial charge in [-0.15, -0.1) is 0 Å². The van der Waals surface area contributed by atoms with Crippen molar-refractivity contribution < 1.29 is 19.0 Å². The maximum atomic E-state index is 12.4. The van der Waals surface area contributed by atoms with Gasteiger partial charge in [0.15, 0.2) is 5.78 Å². The van der Waals surface area contributed by atoms with Crippen LogP contribution >= 0.6 is 15.9 Å². The van der Waals surface area contributed by atoms with Crippen molar-refractivity contribution >= 4 is 27.8 Å². The standard InChI is InChI=1S/C24H21BrO4/c1-27-21-8-10-22(11-9-21)29-16-19-14-17(7-13-24(19)28-2)6-12-23(26)18-4-3-5-20(25)15-18/h3-15H,16H2,1-2H3/b12-6+. The summed E-state index contributed by atoms with van der Waals surface area (Å²) in [6, 6.07) is 20.4. The molecule has 0 saturated carbocycles. The quantitative estimate of drug-likeness (QED) is 0.313. The Labute approximate surface area is 178 Å². The first kappa shape index (κ1) is 20.7. The van der Waals surface area contributed by atoms with Crippen molar-refractivity contribution in [3.63, 3.8) is 0 Å². The summed E-state index contributed by atoms with van der Waals surface area (Å²) in [6.45, 7) is 0.344. The van der Waals surface area contributed by atoms with Gasteiger partial charge in [0, 0.05) is 15.6 Å². The first-order valence-corrected chi connectivity index (χ1v) is 9.80. The molecule has 0 radical (unpaired) electrons. The lowest BCUT2D eigenvalue weighted by molar-refractivity contribution is 0.104. The van der Waals surface area contributed by atoms with Gasteiger partial charge < -0.3 is 14.2 Å². The molecule has 0 bridgehead atoms. The topological polar surface area (TPSA) is 44.8 Å². The zero-order valence-electron chi connectivity index (χ0n) is 16.2. The van der Waals surface area contributed by atoms with Crippen LogP contribution in [0.1, 0.15) is 21.5 Å². The smallest absolute Gasteiger partial charge is 0.185 e. The minimum Gasteiger partial charge on any atom is -0.497 e. The second-order valence-corrected chi connectivity index (χ2v) is 7.16. The van der Waals surface area contributed by atoms with Crippen molar-refractivity contribution in [3.05, 3.63) is 94.0 Å². The predicted octanol–water partition coefficient (Wildman–Crippen LogP) is 5.94. The number of hydrogen-bond acceptors (Lipinski definition) is 4. The fourth-order valence-corrected chi connectivity index (χ4v) is 3.16. The number of rotatable bonds is 8. The molecule has 29 heavy (non-hydrogen) atoms. The highest BCUT2D eigenvalue weighted by Crippen LogP contribution is 2.24. The predicted molar refractivity (Wildman–Crippen MR) is 118 cm³/mol. The number of carbonyl (C=O) groups excluding carboxylic acids is 1. The summed E-state index contributed by atoms with van der Waals surface area (Å²) >= 11 is 3.39.